The van der Waals surface area contributed by atoms with Crippen molar-refractivity contribution < 1.29 is 9.47 Å². The van der Waals surface area contributed by atoms with E-state index in [9.17, 15) is 0 Å². The first kappa shape index (κ1) is 12.4. The van der Waals surface area contributed by atoms with Crippen LogP contribution in [0.25, 0.3) is 0 Å². The van der Waals surface area contributed by atoms with Crippen LogP contribution in [0.4, 0.5) is 0 Å². The smallest absolute Gasteiger partial charge is 0.119 e. The van der Waals surface area contributed by atoms with Gasteiger partial charge >= 0.3 is 0 Å². The number of nitrogens with one attached hydrogen (secondary N) is 1. The summed E-state index contributed by atoms with van der Waals surface area (Å²) in [5.74, 6) is 0.907. The molecule has 1 heterocycles. The molecule has 0 bridgehead atoms. The second kappa shape index (κ2) is 5.07. The third-order valence-corrected chi connectivity index (χ3v) is 2.95. The van der Waals surface area contributed by atoms with Gasteiger partial charge in [0.2, 0.25) is 0 Å². The van der Waals surface area contributed by atoms with Crippen molar-refractivity contribution in [2.45, 2.75) is 32.4 Å². The summed E-state index contributed by atoms with van der Waals surface area (Å²) >= 11 is 0. The van der Waals surface area contributed by atoms with Crippen LogP contribution >= 0.6 is 0 Å². The lowest BCUT2D eigenvalue weighted by atomic mass is 10.1. The van der Waals surface area contributed by atoms with Crippen LogP contribution in [0, 0.1) is 6.92 Å². The van der Waals surface area contributed by atoms with Gasteiger partial charge in [0.15, 0.2) is 0 Å². The van der Waals surface area contributed by atoms with Gasteiger partial charge < -0.3 is 14.8 Å². The first-order valence-corrected chi connectivity index (χ1v) is 6.11. The Balaban J connectivity index is 1.78. The van der Waals surface area contributed by atoms with Crippen molar-refractivity contribution >= 4 is 0 Å². The molecule has 1 N–H and O–H groups in total. The molecule has 1 aromatic carbocycles. The number of hydrogen-bond acceptors (Lipinski definition) is 3. The van der Waals surface area contributed by atoms with E-state index in [2.05, 4.69) is 38.2 Å². The minimum Gasteiger partial charge on any atom is -0.491 e. The van der Waals surface area contributed by atoms with E-state index in [1.807, 2.05) is 12.1 Å². The zero-order valence-electron chi connectivity index (χ0n) is 10.8. The lowest BCUT2D eigenvalue weighted by molar-refractivity contribution is -0.0412. The van der Waals surface area contributed by atoms with E-state index in [1.54, 1.807) is 0 Å². The Kier molecular flexibility index (Phi) is 3.69. The van der Waals surface area contributed by atoms with Gasteiger partial charge in [0.05, 0.1) is 6.61 Å². The molecule has 0 amide bonds. The minimum absolute atomic E-state index is 0.0837. The average Bonchev–Trinajstić information content (AvgIpc) is 2.30. The van der Waals surface area contributed by atoms with Crippen LogP contribution in [0.5, 0.6) is 5.75 Å². The highest BCUT2D eigenvalue weighted by Gasteiger charge is 2.26. The molecule has 1 aromatic rings. The zero-order valence-corrected chi connectivity index (χ0v) is 10.8. The van der Waals surface area contributed by atoms with Crippen molar-refractivity contribution in [1.29, 1.82) is 0 Å². The average molecular weight is 235 g/mol. The molecule has 1 unspecified atom stereocenters. The maximum atomic E-state index is 5.75. The van der Waals surface area contributed by atoms with Gasteiger partial charge in [0.25, 0.3) is 0 Å². The van der Waals surface area contributed by atoms with Crippen molar-refractivity contribution in [2.75, 3.05) is 19.8 Å². The predicted octanol–water partition coefficient (Wildman–Crippen LogP) is 2.14. The van der Waals surface area contributed by atoms with Gasteiger partial charge in [-0.05, 0) is 32.9 Å². The standard InChI is InChI=1S/C14H21NO2/c1-11-4-6-12(7-5-11)16-9-13-8-15-14(2,3)10-17-13/h4-7,13,15H,8-10H2,1-3H3. The van der Waals surface area contributed by atoms with Crippen molar-refractivity contribution in [3.63, 3.8) is 0 Å². The summed E-state index contributed by atoms with van der Waals surface area (Å²) in [6, 6.07) is 8.10. The lowest BCUT2D eigenvalue weighted by Gasteiger charge is -2.35. The fourth-order valence-electron chi connectivity index (χ4n) is 1.76. The van der Waals surface area contributed by atoms with Crippen LogP contribution < -0.4 is 10.1 Å². The quantitative estimate of drug-likeness (QED) is 0.870. The molecule has 2 rings (SSSR count). The first-order valence-electron chi connectivity index (χ1n) is 6.11. The summed E-state index contributed by atoms with van der Waals surface area (Å²) in [4.78, 5) is 0. The van der Waals surface area contributed by atoms with Crippen LogP contribution in [0.3, 0.4) is 0 Å². The lowest BCUT2D eigenvalue weighted by Crippen LogP contribution is -2.54. The highest BCUT2D eigenvalue weighted by molar-refractivity contribution is 5.26. The summed E-state index contributed by atoms with van der Waals surface area (Å²) in [5.41, 5.74) is 1.33. The van der Waals surface area contributed by atoms with Gasteiger partial charge in [-0.2, -0.15) is 0 Å². The molecule has 1 aliphatic rings. The number of aryl methyl sites for hydroxylation is 1. The van der Waals surface area contributed by atoms with Crippen molar-refractivity contribution in [2.24, 2.45) is 0 Å². The topological polar surface area (TPSA) is 30.5 Å². The molecule has 1 aliphatic heterocycles. The van der Waals surface area contributed by atoms with Crippen LogP contribution in [-0.4, -0.2) is 31.4 Å². The fourth-order valence-corrected chi connectivity index (χ4v) is 1.76. The van der Waals surface area contributed by atoms with E-state index in [0.29, 0.717) is 6.61 Å². The molecule has 3 nitrogen and oxygen atoms in total. The second-order valence-corrected chi connectivity index (χ2v) is 5.32. The van der Waals surface area contributed by atoms with E-state index in [0.717, 1.165) is 18.9 Å². The minimum atomic E-state index is 0.0837. The van der Waals surface area contributed by atoms with Crippen LogP contribution in [0.1, 0.15) is 19.4 Å². The Hall–Kier alpha value is -1.06. The summed E-state index contributed by atoms with van der Waals surface area (Å²) in [7, 11) is 0. The van der Waals surface area contributed by atoms with Gasteiger partial charge in [-0.15, -0.1) is 0 Å². The number of benzene rings is 1. The first-order chi connectivity index (χ1) is 8.05. The van der Waals surface area contributed by atoms with Crippen LogP contribution in [-0.2, 0) is 4.74 Å². The Morgan fingerprint density at radius 1 is 1.35 bits per heavy atom. The molecule has 1 saturated heterocycles. The number of morpholine rings is 1. The van der Waals surface area contributed by atoms with E-state index < -0.39 is 0 Å². The van der Waals surface area contributed by atoms with E-state index in [-0.39, 0.29) is 11.6 Å². The largest absolute Gasteiger partial charge is 0.491 e. The fraction of sp³-hybridized carbons (Fsp3) is 0.571. The number of ether oxygens (including phenoxy) is 2. The van der Waals surface area contributed by atoms with E-state index >= 15 is 0 Å². The van der Waals surface area contributed by atoms with Crippen LogP contribution in [0.15, 0.2) is 24.3 Å². The molecule has 3 heteroatoms. The Morgan fingerprint density at radius 3 is 2.65 bits per heavy atom. The maximum absolute atomic E-state index is 5.75. The second-order valence-electron chi connectivity index (χ2n) is 5.32. The van der Waals surface area contributed by atoms with Crippen molar-refractivity contribution in [1.82, 2.24) is 5.32 Å². The normalized spacial score (nSPS) is 23.4. The van der Waals surface area contributed by atoms with Crippen molar-refractivity contribution in [3.05, 3.63) is 29.8 Å². The maximum Gasteiger partial charge on any atom is 0.119 e. The summed E-state index contributed by atoms with van der Waals surface area (Å²) < 4.78 is 11.5. The van der Waals surface area contributed by atoms with Gasteiger partial charge in [0.1, 0.15) is 18.5 Å². The molecule has 0 aliphatic carbocycles. The van der Waals surface area contributed by atoms with Gasteiger partial charge in [-0.3, -0.25) is 0 Å². The van der Waals surface area contributed by atoms with E-state index in [4.69, 9.17) is 9.47 Å². The molecule has 1 atom stereocenters. The number of hydrogen-bond donors (Lipinski definition) is 1. The summed E-state index contributed by atoms with van der Waals surface area (Å²) in [6.45, 7) is 8.54. The summed E-state index contributed by atoms with van der Waals surface area (Å²) in [6.07, 6.45) is 0.143. The third kappa shape index (κ3) is 3.72. The molecule has 0 spiro atoms. The van der Waals surface area contributed by atoms with Gasteiger partial charge in [-0.25, -0.2) is 0 Å². The highest BCUT2D eigenvalue weighted by Crippen LogP contribution is 2.14. The molecule has 0 aromatic heterocycles. The zero-order chi connectivity index (χ0) is 12.3. The predicted molar refractivity (Wildman–Crippen MR) is 68.5 cm³/mol. The Morgan fingerprint density at radius 2 is 2.06 bits per heavy atom. The van der Waals surface area contributed by atoms with E-state index in [1.165, 1.54) is 5.56 Å². The molecule has 0 saturated carbocycles. The Bertz CT molecular complexity index is 349. The Labute approximate surface area is 103 Å². The third-order valence-electron chi connectivity index (χ3n) is 2.95. The van der Waals surface area contributed by atoms with Crippen LogP contribution in [0.2, 0.25) is 0 Å². The molecule has 17 heavy (non-hydrogen) atoms. The molecule has 94 valence electrons. The van der Waals surface area contributed by atoms with Crippen molar-refractivity contribution in [3.8, 4) is 5.75 Å². The monoisotopic (exact) mass is 235 g/mol. The molecule has 1 fully saturated rings. The number of rotatable bonds is 3. The molecule has 0 radical (unpaired) electrons. The molecular formula is C14H21NO2. The molecular weight excluding hydrogens is 214 g/mol. The highest BCUT2D eigenvalue weighted by atomic mass is 16.5. The van der Waals surface area contributed by atoms with Gasteiger partial charge in [0, 0.05) is 12.1 Å². The van der Waals surface area contributed by atoms with Gasteiger partial charge in [-0.1, -0.05) is 17.7 Å². The SMILES string of the molecule is Cc1ccc(OCC2CNC(C)(C)CO2)cc1. The summed E-state index contributed by atoms with van der Waals surface area (Å²) in [5, 5.41) is 3.45.